The van der Waals surface area contributed by atoms with Crippen LogP contribution in [0.1, 0.15) is 26.7 Å². The van der Waals surface area contributed by atoms with Crippen molar-refractivity contribution in [3.8, 4) is 0 Å². The maximum absolute atomic E-state index is 12.6. The minimum absolute atomic E-state index is 0.0106. The van der Waals surface area contributed by atoms with Crippen molar-refractivity contribution in [2.24, 2.45) is 0 Å². The van der Waals surface area contributed by atoms with Gasteiger partial charge < -0.3 is 100 Å². The van der Waals surface area contributed by atoms with Crippen molar-refractivity contribution in [2.45, 2.75) is 124 Å². The topological polar surface area (TPSA) is 409 Å². The molecule has 4 aliphatic heterocycles. The highest BCUT2D eigenvalue weighted by atomic mass is 16.8. The number of hydrogen-bond donors (Lipinski definition) is 13. The van der Waals surface area contributed by atoms with Crippen molar-refractivity contribution in [1.29, 1.82) is 0 Å². The van der Waals surface area contributed by atoms with E-state index in [0.29, 0.717) is 0 Å². The third-order valence-electron chi connectivity index (χ3n) is 10.4. The molecule has 0 aromatic rings. The van der Waals surface area contributed by atoms with Crippen LogP contribution in [0.2, 0.25) is 0 Å². The van der Waals surface area contributed by atoms with E-state index in [0.717, 1.165) is 30.9 Å². The summed E-state index contributed by atoms with van der Waals surface area (Å²) in [6, 6.07) is -2.93. The molecular weight excluding hydrogens is 856 g/mol. The van der Waals surface area contributed by atoms with Gasteiger partial charge in [0, 0.05) is 51.9 Å². The SMILES string of the molecule is CC(=O)N[C@H]1[C@H](OCCOCCNC(=O)CCN2C(=O)C=CC2=O)O[C@H](CO)[C@@H](O[C@@H]2O[C@H](CO[C@]3(C(=O)O)C[C@H](O)[C@@H](NC(C)=O)[C@H]([C@H](O)[C@H](O)CO)O3)[C@H](O)[C@H](O)[C@H]2O)[C@@H]1O. The molecule has 0 unspecified atom stereocenters. The van der Waals surface area contributed by atoms with Gasteiger partial charge in [0.05, 0.1) is 51.8 Å². The number of ether oxygens (including phenoxy) is 7. The number of amides is 5. The number of rotatable bonds is 22. The molecule has 4 heterocycles. The van der Waals surface area contributed by atoms with E-state index in [4.69, 9.17) is 33.2 Å². The van der Waals surface area contributed by atoms with E-state index >= 15 is 0 Å². The minimum Gasteiger partial charge on any atom is -0.477 e. The lowest BCUT2D eigenvalue weighted by Crippen LogP contribution is -2.69. The van der Waals surface area contributed by atoms with Crippen LogP contribution in [0.4, 0.5) is 0 Å². The van der Waals surface area contributed by atoms with Crippen molar-refractivity contribution in [1.82, 2.24) is 20.9 Å². The van der Waals surface area contributed by atoms with Crippen molar-refractivity contribution in [3.63, 3.8) is 0 Å². The summed E-state index contributed by atoms with van der Waals surface area (Å²) in [5.74, 6) is -7.66. The molecule has 0 aromatic carbocycles. The zero-order valence-corrected chi connectivity index (χ0v) is 34.1. The van der Waals surface area contributed by atoms with Crippen LogP contribution in [0.3, 0.4) is 0 Å². The quantitative estimate of drug-likeness (QED) is 0.0354. The van der Waals surface area contributed by atoms with Crippen molar-refractivity contribution in [3.05, 3.63) is 12.2 Å². The van der Waals surface area contributed by atoms with Gasteiger partial charge in [0.25, 0.3) is 17.6 Å². The van der Waals surface area contributed by atoms with Gasteiger partial charge in [-0.15, -0.1) is 0 Å². The van der Waals surface area contributed by atoms with Gasteiger partial charge in [0.2, 0.25) is 17.7 Å². The average Bonchev–Trinajstić information content (AvgIpc) is 3.56. The van der Waals surface area contributed by atoms with Gasteiger partial charge in [0.1, 0.15) is 67.1 Å². The molecule has 358 valence electrons. The monoisotopic (exact) mass is 912 g/mol. The van der Waals surface area contributed by atoms with E-state index in [-0.39, 0.29) is 39.3 Å². The normalized spacial score (nSPS) is 35.5. The molecular formula is C36H56N4O23. The minimum atomic E-state index is -2.88. The molecule has 5 amide bonds. The van der Waals surface area contributed by atoms with Gasteiger partial charge in [-0.05, 0) is 0 Å². The number of aliphatic hydroxyl groups excluding tert-OH is 9. The van der Waals surface area contributed by atoms with Gasteiger partial charge >= 0.3 is 5.97 Å². The third kappa shape index (κ3) is 13.1. The first-order chi connectivity index (χ1) is 29.7. The largest absolute Gasteiger partial charge is 0.477 e. The van der Waals surface area contributed by atoms with Crippen LogP contribution in [0.15, 0.2) is 12.2 Å². The van der Waals surface area contributed by atoms with Crippen LogP contribution in [-0.2, 0) is 61.9 Å². The van der Waals surface area contributed by atoms with E-state index in [1.807, 2.05) is 0 Å². The smallest absolute Gasteiger partial charge is 0.364 e. The average molecular weight is 913 g/mol. The molecule has 0 aromatic heterocycles. The van der Waals surface area contributed by atoms with Crippen LogP contribution < -0.4 is 16.0 Å². The maximum Gasteiger partial charge on any atom is 0.364 e. The Morgan fingerprint density at radius 2 is 1.49 bits per heavy atom. The molecule has 4 rings (SSSR count). The van der Waals surface area contributed by atoms with Gasteiger partial charge in [-0.3, -0.25) is 28.9 Å². The molecule has 0 bridgehead atoms. The number of carboxylic acids is 1. The van der Waals surface area contributed by atoms with Crippen LogP contribution in [0.5, 0.6) is 0 Å². The lowest BCUT2D eigenvalue weighted by Gasteiger charge is -2.48. The van der Waals surface area contributed by atoms with Crippen molar-refractivity contribution < 1.29 is 113 Å². The van der Waals surface area contributed by atoms with Crippen LogP contribution in [0.25, 0.3) is 0 Å². The molecule has 13 N–H and O–H groups in total. The summed E-state index contributed by atoms with van der Waals surface area (Å²) in [5, 5.41) is 113. The fraction of sp³-hybridized carbons (Fsp3) is 0.778. The Balaban J connectivity index is 1.36. The molecule has 0 radical (unpaired) electrons. The lowest BCUT2D eigenvalue weighted by molar-refractivity contribution is -0.360. The van der Waals surface area contributed by atoms with E-state index in [1.54, 1.807) is 0 Å². The highest BCUT2D eigenvalue weighted by molar-refractivity contribution is 6.13. The Morgan fingerprint density at radius 1 is 0.857 bits per heavy atom. The van der Waals surface area contributed by atoms with E-state index in [2.05, 4.69) is 16.0 Å². The first-order valence-corrected chi connectivity index (χ1v) is 19.8. The molecule has 3 fully saturated rings. The Morgan fingerprint density at radius 3 is 2.10 bits per heavy atom. The molecule has 4 aliphatic rings. The number of nitrogens with one attached hydrogen (secondary N) is 3. The van der Waals surface area contributed by atoms with Gasteiger partial charge in [-0.1, -0.05) is 0 Å². The van der Waals surface area contributed by atoms with Gasteiger partial charge in [0.15, 0.2) is 12.6 Å². The molecule has 63 heavy (non-hydrogen) atoms. The first-order valence-electron chi connectivity index (χ1n) is 19.8. The summed E-state index contributed by atoms with van der Waals surface area (Å²) in [7, 11) is 0. The second kappa shape index (κ2) is 23.3. The molecule has 0 saturated carbocycles. The van der Waals surface area contributed by atoms with Gasteiger partial charge in [-0.25, -0.2) is 4.79 Å². The zero-order chi connectivity index (χ0) is 46.8. The number of carbonyl (C=O) groups excluding carboxylic acids is 5. The van der Waals surface area contributed by atoms with Gasteiger partial charge in [-0.2, -0.15) is 0 Å². The van der Waals surface area contributed by atoms with Crippen molar-refractivity contribution in [2.75, 3.05) is 52.7 Å². The van der Waals surface area contributed by atoms with Crippen LogP contribution in [0, 0.1) is 0 Å². The summed E-state index contributed by atoms with van der Waals surface area (Å²) in [6.07, 6.45) is -22.9. The Kier molecular flexibility index (Phi) is 19.2. The Bertz CT molecular complexity index is 1610. The molecule has 16 atom stereocenters. The summed E-state index contributed by atoms with van der Waals surface area (Å²) in [5.41, 5.74) is 0. The highest BCUT2D eigenvalue weighted by Gasteiger charge is 2.57. The van der Waals surface area contributed by atoms with E-state index < -0.39 is 159 Å². The van der Waals surface area contributed by atoms with Crippen molar-refractivity contribution >= 4 is 35.5 Å². The standard InChI is InChI=1S/C36H56N4O23/c1-15(43)38-24-17(45)11-36(35(55)56,63-32(24)26(50)18(46)12-41)59-14-20-27(51)29(53)30(54)34(61-20)62-31-19(13-42)60-33(25(28(31)52)39-16(2)44)58-10-9-57-8-6-37-21(47)5-7-40-22(48)3-4-23(40)49/h3-4,17-20,24-34,41-42,45-46,50-54H,5-14H2,1-2H3,(H,37,47)(H,38,43)(H,39,44)(H,55,56)/t17-,18+,19+,20+,24+,25+,26+,27-,28+,29-,30+,31+,32+,33+,34-,36+/m0/s1. The fourth-order valence-corrected chi connectivity index (χ4v) is 7.12. The number of imide groups is 1. The number of carboxylic acid groups (broad SMARTS) is 1. The summed E-state index contributed by atoms with van der Waals surface area (Å²) in [6.45, 7) is -1.08. The molecule has 3 saturated heterocycles. The third-order valence-corrected chi connectivity index (χ3v) is 10.4. The van der Waals surface area contributed by atoms with E-state index in [1.165, 1.54) is 0 Å². The van der Waals surface area contributed by atoms with Crippen LogP contribution >= 0.6 is 0 Å². The predicted octanol–water partition coefficient (Wildman–Crippen LogP) is -8.61. The summed E-state index contributed by atoms with van der Waals surface area (Å²) < 4.78 is 39.4. The Labute approximate surface area is 358 Å². The number of hydrogen-bond acceptors (Lipinski definition) is 22. The number of aliphatic hydroxyl groups is 9. The predicted molar refractivity (Wildman–Crippen MR) is 200 cm³/mol. The lowest BCUT2D eigenvalue weighted by atomic mass is 9.88. The zero-order valence-electron chi connectivity index (χ0n) is 34.1. The summed E-state index contributed by atoms with van der Waals surface area (Å²) in [4.78, 5) is 72.8. The molecule has 27 heteroatoms. The number of nitrogens with zero attached hydrogens (tertiary/aromatic N) is 1. The number of carbonyl (C=O) groups is 6. The number of aliphatic carboxylic acids is 1. The van der Waals surface area contributed by atoms with Crippen LogP contribution in [-0.4, -0.2) is 242 Å². The fourth-order valence-electron chi connectivity index (χ4n) is 7.12. The van der Waals surface area contributed by atoms with E-state index in [9.17, 15) is 79.8 Å². The molecule has 27 nitrogen and oxygen atoms in total. The Hall–Kier alpha value is -3.88. The molecule has 0 spiro atoms. The molecule has 0 aliphatic carbocycles. The maximum atomic E-state index is 12.6. The second-order valence-corrected chi connectivity index (χ2v) is 15.0. The highest BCUT2D eigenvalue weighted by Crippen LogP contribution is 2.35. The second-order valence-electron chi connectivity index (χ2n) is 15.0. The first kappa shape index (κ1) is 51.8. The summed E-state index contributed by atoms with van der Waals surface area (Å²) >= 11 is 0.